The average Bonchev–Trinajstić information content (AvgIpc) is 2.59. The zero-order chi connectivity index (χ0) is 17.1. The van der Waals surface area contributed by atoms with Crippen LogP contribution in [0.2, 0.25) is 0 Å². The topological polar surface area (TPSA) is 61.4 Å². The summed E-state index contributed by atoms with van der Waals surface area (Å²) in [5.41, 5.74) is 4.31. The minimum Gasteiger partial charge on any atom is -0.337 e. The van der Waals surface area contributed by atoms with E-state index in [2.05, 4.69) is 39.2 Å². The first-order chi connectivity index (χ1) is 11.5. The van der Waals surface area contributed by atoms with Gasteiger partial charge in [-0.25, -0.2) is 14.8 Å². The van der Waals surface area contributed by atoms with Crippen LogP contribution in [0.5, 0.6) is 0 Å². The number of nitrogens with one attached hydrogen (secondary N) is 1. The normalized spacial score (nSPS) is 14.6. The summed E-state index contributed by atoms with van der Waals surface area (Å²) in [6.45, 7) is 8.92. The van der Waals surface area contributed by atoms with Gasteiger partial charge in [-0.3, -0.25) is 0 Å². The van der Waals surface area contributed by atoms with Crippen LogP contribution in [0.25, 0.3) is 0 Å². The second-order valence-corrected chi connectivity index (χ2v) is 6.23. The quantitative estimate of drug-likeness (QED) is 0.922. The lowest BCUT2D eigenvalue weighted by atomic mass is 10.1. The lowest BCUT2D eigenvalue weighted by Gasteiger charge is -2.34. The number of rotatable bonds is 2. The molecule has 24 heavy (non-hydrogen) atoms. The molecule has 1 aromatic carbocycles. The summed E-state index contributed by atoms with van der Waals surface area (Å²) in [4.78, 5) is 25.0. The van der Waals surface area contributed by atoms with Crippen molar-refractivity contribution in [2.75, 3.05) is 36.4 Å². The molecule has 1 N–H and O–H groups in total. The smallest absolute Gasteiger partial charge is 0.321 e. The van der Waals surface area contributed by atoms with Crippen LogP contribution in [0, 0.1) is 20.8 Å². The molecule has 2 heterocycles. The van der Waals surface area contributed by atoms with Gasteiger partial charge in [-0.1, -0.05) is 17.7 Å². The van der Waals surface area contributed by atoms with Gasteiger partial charge in [0.25, 0.3) is 0 Å². The summed E-state index contributed by atoms with van der Waals surface area (Å²) in [7, 11) is 0. The number of aromatic nitrogens is 2. The zero-order valence-corrected chi connectivity index (χ0v) is 14.4. The van der Waals surface area contributed by atoms with Gasteiger partial charge in [0.2, 0.25) is 5.95 Å². The Bertz CT molecular complexity index is 700. The molecule has 0 aliphatic carbocycles. The average molecular weight is 325 g/mol. The first kappa shape index (κ1) is 16.2. The van der Waals surface area contributed by atoms with Crippen LogP contribution >= 0.6 is 0 Å². The van der Waals surface area contributed by atoms with Crippen LogP contribution in [-0.4, -0.2) is 47.1 Å². The van der Waals surface area contributed by atoms with E-state index >= 15 is 0 Å². The lowest BCUT2D eigenvalue weighted by molar-refractivity contribution is 0.208. The number of aryl methyl sites for hydroxylation is 3. The molecule has 2 aromatic rings. The lowest BCUT2D eigenvalue weighted by Crippen LogP contribution is -2.50. The second-order valence-electron chi connectivity index (χ2n) is 6.23. The molecule has 1 aromatic heterocycles. The van der Waals surface area contributed by atoms with Gasteiger partial charge in [0.1, 0.15) is 0 Å². The molecule has 1 aliphatic heterocycles. The summed E-state index contributed by atoms with van der Waals surface area (Å²) < 4.78 is 0. The Hall–Kier alpha value is -2.63. The van der Waals surface area contributed by atoms with Crippen molar-refractivity contribution in [1.29, 1.82) is 0 Å². The fraction of sp³-hybridized carbons (Fsp3) is 0.389. The van der Waals surface area contributed by atoms with Gasteiger partial charge >= 0.3 is 6.03 Å². The molecular formula is C18H23N5O. The molecule has 6 heteroatoms. The number of nitrogens with zero attached hydrogens (tertiary/aromatic N) is 4. The monoisotopic (exact) mass is 325 g/mol. The molecule has 0 saturated carbocycles. The molecule has 6 nitrogen and oxygen atoms in total. The van der Waals surface area contributed by atoms with Gasteiger partial charge in [-0.2, -0.15) is 0 Å². The molecule has 0 spiro atoms. The van der Waals surface area contributed by atoms with Gasteiger partial charge in [0.05, 0.1) is 0 Å². The standard InChI is InChI=1S/C18H23N5O/c1-13-11-14(2)16(15(3)12-13)21-18(24)23-9-7-22(8-10-23)17-19-5-4-6-20-17/h4-6,11-12H,7-10H2,1-3H3,(H,21,24). The van der Waals surface area contributed by atoms with Crippen molar-refractivity contribution in [1.82, 2.24) is 14.9 Å². The highest BCUT2D eigenvalue weighted by Crippen LogP contribution is 2.22. The third-order valence-corrected chi connectivity index (χ3v) is 4.31. The summed E-state index contributed by atoms with van der Waals surface area (Å²) in [5, 5.41) is 3.07. The Kier molecular flexibility index (Phi) is 4.64. The number of piperazine rings is 1. The van der Waals surface area contributed by atoms with Gasteiger partial charge in [-0.15, -0.1) is 0 Å². The van der Waals surface area contributed by atoms with Crippen molar-refractivity contribution in [2.45, 2.75) is 20.8 Å². The van der Waals surface area contributed by atoms with E-state index in [0.717, 1.165) is 35.9 Å². The van der Waals surface area contributed by atoms with Crippen molar-refractivity contribution in [3.63, 3.8) is 0 Å². The van der Waals surface area contributed by atoms with Gasteiger partial charge in [0, 0.05) is 44.3 Å². The minimum absolute atomic E-state index is 0.0429. The number of benzene rings is 1. The molecule has 2 amide bonds. The fourth-order valence-electron chi connectivity index (χ4n) is 3.13. The number of anilines is 2. The summed E-state index contributed by atoms with van der Waals surface area (Å²) in [5.74, 6) is 0.725. The third kappa shape index (κ3) is 3.48. The molecule has 1 aliphatic rings. The summed E-state index contributed by atoms with van der Waals surface area (Å²) >= 11 is 0. The second kappa shape index (κ2) is 6.86. The van der Waals surface area contributed by atoms with E-state index in [9.17, 15) is 4.79 Å². The summed E-state index contributed by atoms with van der Waals surface area (Å²) in [6.07, 6.45) is 3.48. The van der Waals surface area contributed by atoms with Gasteiger partial charge in [0.15, 0.2) is 0 Å². The van der Waals surface area contributed by atoms with E-state index < -0.39 is 0 Å². The SMILES string of the molecule is Cc1cc(C)c(NC(=O)N2CCN(c3ncccn3)CC2)c(C)c1. The molecule has 0 atom stereocenters. The first-order valence-electron chi connectivity index (χ1n) is 8.20. The van der Waals surface area contributed by atoms with Crippen molar-refractivity contribution < 1.29 is 4.79 Å². The molecule has 0 radical (unpaired) electrons. The van der Waals surface area contributed by atoms with Crippen LogP contribution in [0.1, 0.15) is 16.7 Å². The molecule has 0 bridgehead atoms. The first-order valence-corrected chi connectivity index (χ1v) is 8.20. The number of hydrogen-bond donors (Lipinski definition) is 1. The van der Waals surface area contributed by atoms with Crippen LogP contribution in [0.3, 0.4) is 0 Å². The van der Waals surface area contributed by atoms with Gasteiger partial charge in [-0.05, 0) is 38.0 Å². The Morgan fingerprint density at radius 3 is 2.17 bits per heavy atom. The van der Waals surface area contributed by atoms with Crippen LogP contribution in [0.15, 0.2) is 30.6 Å². The Balaban J connectivity index is 1.62. The van der Waals surface area contributed by atoms with E-state index in [-0.39, 0.29) is 6.03 Å². The van der Waals surface area contributed by atoms with Crippen molar-refractivity contribution >= 4 is 17.7 Å². The minimum atomic E-state index is -0.0429. The Morgan fingerprint density at radius 1 is 1.00 bits per heavy atom. The predicted molar refractivity (Wildman–Crippen MR) is 95.5 cm³/mol. The third-order valence-electron chi connectivity index (χ3n) is 4.31. The molecule has 126 valence electrons. The van der Waals surface area contributed by atoms with E-state index in [1.807, 2.05) is 18.7 Å². The van der Waals surface area contributed by atoms with E-state index in [0.29, 0.717) is 13.1 Å². The largest absolute Gasteiger partial charge is 0.337 e. The maximum absolute atomic E-state index is 12.6. The Labute approximate surface area is 142 Å². The zero-order valence-electron chi connectivity index (χ0n) is 14.4. The number of urea groups is 1. The molecular weight excluding hydrogens is 302 g/mol. The predicted octanol–water partition coefficient (Wildman–Crippen LogP) is 2.76. The number of carbonyl (C=O) groups excluding carboxylic acids is 1. The van der Waals surface area contributed by atoms with Gasteiger partial charge < -0.3 is 15.1 Å². The van der Waals surface area contributed by atoms with E-state index in [1.54, 1.807) is 18.5 Å². The number of amides is 2. The number of carbonyl (C=O) groups is 1. The maximum atomic E-state index is 12.6. The van der Waals surface area contributed by atoms with E-state index in [1.165, 1.54) is 5.56 Å². The highest BCUT2D eigenvalue weighted by Gasteiger charge is 2.23. The highest BCUT2D eigenvalue weighted by atomic mass is 16.2. The molecule has 0 unspecified atom stereocenters. The molecule has 1 fully saturated rings. The Morgan fingerprint density at radius 2 is 1.58 bits per heavy atom. The van der Waals surface area contributed by atoms with Crippen LogP contribution < -0.4 is 10.2 Å². The highest BCUT2D eigenvalue weighted by molar-refractivity contribution is 5.91. The summed E-state index contributed by atoms with van der Waals surface area (Å²) in [6, 6.07) is 5.94. The number of hydrogen-bond acceptors (Lipinski definition) is 4. The van der Waals surface area contributed by atoms with Crippen molar-refractivity contribution in [3.05, 3.63) is 47.3 Å². The molecule has 3 rings (SSSR count). The van der Waals surface area contributed by atoms with Crippen molar-refractivity contribution in [3.8, 4) is 0 Å². The fourth-order valence-corrected chi connectivity index (χ4v) is 3.13. The van der Waals surface area contributed by atoms with Crippen LogP contribution in [0.4, 0.5) is 16.4 Å². The molecule has 1 saturated heterocycles. The van der Waals surface area contributed by atoms with Crippen LogP contribution in [-0.2, 0) is 0 Å². The van der Waals surface area contributed by atoms with Crippen molar-refractivity contribution in [2.24, 2.45) is 0 Å². The van der Waals surface area contributed by atoms with E-state index in [4.69, 9.17) is 0 Å². The maximum Gasteiger partial charge on any atom is 0.321 e.